The van der Waals surface area contributed by atoms with Gasteiger partial charge in [-0.3, -0.25) is 9.59 Å². The summed E-state index contributed by atoms with van der Waals surface area (Å²) in [6, 6.07) is 14.8. The molecule has 0 spiro atoms. The van der Waals surface area contributed by atoms with Crippen LogP contribution in [0.5, 0.6) is 5.75 Å². The lowest BCUT2D eigenvalue weighted by atomic mass is 10.1. The predicted octanol–water partition coefficient (Wildman–Crippen LogP) is 2.11. The number of thiazole rings is 1. The zero-order valence-corrected chi connectivity index (χ0v) is 16.6. The molecule has 29 heavy (non-hydrogen) atoms. The van der Waals surface area contributed by atoms with Gasteiger partial charge in [0.05, 0.1) is 18.4 Å². The minimum atomic E-state index is -0.326. The summed E-state index contributed by atoms with van der Waals surface area (Å²) in [6.45, 7) is 2.45. The van der Waals surface area contributed by atoms with Crippen LogP contribution in [0.3, 0.4) is 0 Å². The van der Waals surface area contributed by atoms with Crippen LogP contribution in [-0.4, -0.2) is 34.2 Å². The van der Waals surface area contributed by atoms with E-state index in [1.54, 1.807) is 12.0 Å². The molecule has 0 bridgehead atoms. The van der Waals surface area contributed by atoms with Crippen LogP contribution in [0, 0.1) is 0 Å². The molecular weight excluding hydrogens is 388 g/mol. The van der Waals surface area contributed by atoms with E-state index in [4.69, 9.17) is 4.74 Å². The minimum Gasteiger partial charge on any atom is -0.497 e. The second kappa shape index (κ2) is 6.52. The molecule has 5 rings (SSSR count). The molecule has 2 aromatic carbocycles. The predicted molar refractivity (Wildman–Crippen MR) is 111 cm³/mol. The molecule has 0 saturated heterocycles. The number of anilines is 1. The number of aromatic nitrogens is 3. The first kappa shape index (κ1) is 17.6. The Hall–Kier alpha value is -3.52. The van der Waals surface area contributed by atoms with Crippen LogP contribution in [0.25, 0.3) is 21.9 Å². The summed E-state index contributed by atoms with van der Waals surface area (Å²) < 4.78 is 6.81. The molecule has 4 aromatic rings. The number of para-hydroxylation sites is 1. The molecule has 1 aliphatic heterocycles. The van der Waals surface area contributed by atoms with Gasteiger partial charge in [0.15, 0.2) is 5.82 Å². The molecule has 0 unspecified atom stereocenters. The summed E-state index contributed by atoms with van der Waals surface area (Å²) in [5.41, 5.74) is 2.49. The Kier molecular flexibility index (Phi) is 3.95. The van der Waals surface area contributed by atoms with Gasteiger partial charge in [-0.15, -0.1) is 5.10 Å². The summed E-state index contributed by atoms with van der Waals surface area (Å²) in [4.78, 5) is 32.7. The van der Waals surface area contributed by atoms with Crippen LogP contribution in [0.2, 0.25) is 0 Å². The van der Waals surface area contributed by atoms with Crippen molar-refractivity contribution in [1.29, 1.82) is 0 Å². The van der Waals surface area contributed by atoms with Crippen molar-refractivity contribution in [3.8, 4) is 17.1 Å². The minimum absolute atomic E-state index is 0.161. The summed E-state index contributed by atoms with van der Waals surface area (Å²) in [5, 5.41) is 4.37. The first-order valence-electron chi connectivity index (χ1n) is 9.12. The summed E-state index contributed by atoms with van der Waals surface area (Å²) in [5.74, 6) is 1.03. The quantitative estimate of drug-likeness (QED) is 0.523. The Morgan fingerprint density at radius 2 is 1.83 bits per heavy atom. The highest BCUT2D eigenvalue weighted by Gasteiger charge is 2.33. The molecule has 144 valence electrons. The zero-order valence-electron chi connectivity index (χ0n) is 15.7. The number of benzene rings is 2. The molecule has 1 amide bonds. The van der Waals surface area contributed by atoms with Gasteiger partial charge in [-0.1, -0.05) is 29.5 Å². The Morgan fingerprint density at radius 1 is 1.07 bits per heavy atom. The number of carbonyl (C=O) groups excluding carboxylic acids is 1. The molecule has 0 aliphatic carbocycles. The summed E-state index contributed by atoms with van der Waals surface area (Å²) >= 11 is 1.19. The van der Waals surface area contributed by atoms with Gasteiger partial charge in [-0.25, -0.2) is 0 Å². The lowest BCUT2D eigenvalue weighted by Gasteiger charge is -2.13. The Balaban J connectivity index is 1.69. The first-order chi connectivity index (χ1) is 14.1. The van der Waals surface area contributed by atoms with Crippen LogP contribution in [0.15, 0.2) is 53.3 Å². The van der Waals surface area contributed by atoms with Crippen LogP contribution >= 0.6 is 11.3 Å². The van der Waals surface area contributed by atoms with E-state index in [0.717, 1.165) is 22.6 Å². The fourth-order valence-corrected chi connectivity index (χ4v) is 4.56. The highest BCUT2D eigenvalue weighted by molar-refractivity contribution is 7.15. The van der Waals surface area contributed by atoms with Gasteiger partial charge in [-0.05, 0) is 37.3 Å². The highest BCUT2D eigenvalue weighted by Crippen LogP contribution is 2.34. The second-order valence-corrected chi connectivity index (χ2v) is 7.51. The molecule has 0 radical (unpaired) electrons. The van der Waals surface area contributed by atoms with Gasteiger partial charge in [0, 0.05) is 17.7 Å². The Bertz CT molecular complexity index is 1370. The standard InChI is InChI=1S/C21H16N4O3S/c1-3-24-15-7-5-4-6-14(15)16(19(24)26)17-20(27)25-21(29-17)22-18(23-25)12-8-10-13(28-2)11-9-12/h4-11H,3H2,1-2H3. The van der Waals surface area contributed by atoms with Crippen molar-refractivity contribution < 1.29 is 9.53 Å². The molecule has 7 nitrogen and oxygen atoms in total. The number of rotatable bonds is 3. The third-order valence-electron chi connectivity index (χ3n) is 4.97. The summed E-state index contributed by atoms with van der Waals surface area (Å²) in [7, 11) is 1.60. The monoisotopic (exact) mass is 404 g/mol. The number of hydrogen-bond donors (Lipinski definition) is 0. The van der Waals surface area contributed by atoms with E-state index in [0.29, 0.717) is 27.4 Å². The van der Waals surface area contributed by atoms with E-state index in [9.17, 15) is 9.59 Å². The van der Waals surface area contributed by atoms with E-state index >= 15 is 0 Å². The molecule has 3 heterocycles. The first-order valence-corrected chi connectivity index (χ1v) is 9.93. The maximum atomic E-state index is 13.1. The fourth-order valence-electron chi connectivity index (χ4n) is 3.56. The van der Waals surface area contributed by atoms with Crippen LogP contribution in [-0.2, 0) is 4.79 Å². The van der Waals surface area contributed by atoms with Crippen molar-refractivity contribution in [3.05, 3.63) is 69.0 Å². The molecule has 0 N–H and O–H groups in total. The van der Waals surface area contributed by atoms with Crippen molar-refractivity contribution in [2.24, 2.45) is 0 Å². The molecule has 0 fully saturated rings. The van der Waals surface area contributed by atoms with Crippen molar-refractivity contribution in [2.45, 2.75) is 6.92 Å². The van der Waals surface area contributed by atoms with E-state index in [-0.39, 0.29) is 11.5 Å². The van der Waals surface area contributed by atoms with Crippen molar-refractivity contribution in [1.82, 2.24) is 14.6 Å². The molecule has 2 aromatic heterocycles. The molecule has 0 saturated carbocycles. The molecular formula is C21H16N4O3S. The molecule has 8 heteroatoms. The summed E-state index contributed by atoms with van der Waals surface area (Å²) in [6.07, 6.45) is 0. The molecule has 1 aliphatic rings. The number of carbonyl (C=O) groups is 1. The number of ether oxygens (including phenoxy) is 1. The average molecular weight is 404 g/mol. The van der Waals surface area contributed by atoms with Crippen molar-refractivity contribution in [2.75, 3.05) is 18.6 Å². The van der Waals surface area contributed by atoms with Gasteiger partial charge in [0.2, 0.25) is 4.96 Å². The molecule has 0 atom stereocenters. The largest absolute Gasteiger partial charge is 0.497 e. The smallest absolute Gasteiger partial charge is 0.291 e. The normalized spacial score (nSPS) is 15.2. The van der Waals surface area contributed by atoms with E-state index in [2.05, 4.69) is 10.1 Å². The number of fused-ring (bicyclic) bond motifs is 2. The van der Waals surface area contributed by atoms with Crippen LogP contribution in [0.4, 0.5) is 5.69 Å². The fraction of sp³-hybridized carbons (Fsp3) is 0.143. The SMILES string of the molecule is CCN1C(=O)C(=c2sc3nc(-c4ccc(OC)cc4)nn3c2=O)c2ccccc21. The lowest BCUT2D eigenvalue weighted by molar-refractivity contribution is -0.113. The van der Waals surface area contributed by atoms with Crippen molar-refractivity contribution in [3.63, 3.8) is 0 Å². The van der Waals surface area contributed by atoms with Crippen LogP contribution < -0.4 is 19.7 Å². The van der Waals surface area contributed by atoms with Gasteiger partial charge in [0.25, 0.3) is 11.5 Å². The van der Waals surface area contributed by atoms with Gasteiger partial charge >= 0.3 is 0 Å². The number of methoxy groups -OCH3 is 1. The second-order valence-electron chi connectivity index (χ2n) is 6.54. The highest BCUT2D eigenvalue weighted by atomic mass is 32.1. The van der Waals surface area contributed by atoms with Crippen LogP contribution in [0.1, 0.15) is 12.5 Å². The average Bonchev–Trinajstić information content (AvgIpc) is 3.38. The number of amides is 1. The third kappa shape index (κ3) is 2.56. The topological polar surface area (TPSA) is 76.8 Å². The van der Waals surface area contributed by atoms with E-state index in [1.807, 2.05) is 55.5 Å². The Morgan fingerprint density at radius 3 is 2.52 bits per heavy atom. The number of likely N-dealkylation sites (N-methyl/N-ethyl adjacent to an activating group) is 1. The van der Waals surface area contributed by atoms with E-state index in [1.165, 1.54) is 15.9 Å². The maximum Gasteiger partial charge on any atom is 0.291 e. The van der Waals surface area contributed by atoms with Gasteiger partial charge < -0.3 is 9.64 Å². The zero-order chi connectivity index (χ0) is 20.1. The maximum absolute atomic E-state index is 13.1. The van der Waals surface area contributed by atoms with E-state index < -0.39 is 0 Å². The lowest BCUT2D eigenvalue weighted by Crippen LogP contribution is -2.32. The number of hydrogen-bond acceptors (Lipinski definition) is 6. The van der Waals surface area contributed by atoms with Crippen molar-refractivity contribution >= 4 is 33.5 Å². The van der Waals surface area contributed by atoms with Gasteiger partial charge in [0.1, 0.15) is 10.3 Å². The van der Waals surface area contributed by atoms with Gasteiger partial charge in [-0.2, -0.15) is 9.50 Å². The third-order valence-corrected chi connectivity index (χ3v) is 6.00. The number of nitrogens with zero attached hydrogens (tertiary/aromatic N) is 4. The Labute approximate surface area is 169 Å².